The summed E-state index contributed by atoms with van der Waals surface area (Å²) < 4.78 is 13.8. The maximum Gasteiger partial charge on any atom is 0.182 e. The zero-order chi connectivity index (χ0) is 11.4. The van der Waals surface area contributed by atoms with E-state index in [0.717, 1.165) is 6.42 Å². The summed E-state index contributed by atoms with van der Waals surface area (Å²) >= 11 is 3.03. The zero-order valence-corrected chi connectivity index (χ0v) is 10.1. The predicted octanol–water partition coefficient (Wildman–Crippen LogP) is 2.90. The Labute approximate surface area is 96.8 Å². The lowest BCUT2D eigenvalue weighted by molar-refractivity contribution is 0.0952. The SMILES string of the molecule is CCCC(N)C(=O)c1cccc(Br)c1F. The Morgan fingerprint density at radius 3 is 2.87 bits per heavy atom. The first-order valence-corrected chi connectivity index (χ1v) is 5.61. The standard InChI is InChI=1S/C11H13BrFNO/c1-2-4-9(14)11(15)7-5-3-6-8(12)10(7)13/h3,5-6,9H,2,4,14H2,1H3. The van der Waals surface area contributed by atoms with E-state index < -0.39 is 11.9 Å². The average Bonchev–Trinajstić information content (AvgIpc) is 2.21. The monoisotopic (exact) mass is 273 g/mol. The van der Waals surface area contributed by atoms with E-state index in [2.05, 4.69) is 15.9 Å². The highest BCUT2D eigenvalue weighted by molar-refractivity contribution is 9.10. The summed E-state index contributed by atoms with van der Waals surface area (Å²) in [5.74, 6) is -0.871. The summed E-state index contributed by atoms with van der Waals surface area (Å²) in [5, 5.41) is 0. The van der Waals surface area contributed by atoms with Gasteiger partial charge in [0.1, 0.15) is 5.82 Å². The fourth-order valence-electron chi connectivity index (χ4n) is 1.34. The molecule has 0 saturated heterocycles. The van der Waals surface area contributed by atoms with Gasteiger partial charge in [-0.15, -0.1) is 0 Å². The summed E-state index contributed by atoms with van der Waals surface area (Å²) in [7, 11) is 0. The maximum atomic E-state index is 13.5. The molecular formula is C11H13BrFNO. The van der Waals surface area contributed by atoms with Crippen LogP contribution in [0.1, 0.15) is 30.1 Å². The Balaban J connectivity index is 2.96. The lowest BCUT2D eigenvalue weighted by atomic mass is 10.0. The van der Waals surface area contributed by atoms with Crippen LogP contribution in [0.2, 0.25) is 0 Å². The van der Waals surface area contributed by atoms with Gasteiger partial charge in [-0.3, -0.25) is 4.79 Å². The topological polar surface area (TPSA) is 43.1 Å². The average molecular weight is 274 g/mol. The van der Waals surface area contributed by atoms with Gasteiger partial charge in [0.05, 0.1) is 16.1 Å². The molecule has 0 aliphatic rings. The normalized spacial score (nSPS) is 12.5. The van der Waals surface area contributed by atoms with Crippen molar-refractivity contribution in [2.45, 2.75) is 25.8 Å². The molecular weight excluding hydrogens is 261 g/mol. The number of carbonyl (C=O) groups is 1. The summed E-state index contributed by atoms with van der Waals surface area (Å²) in [6.45, 7) is 1.93. The summed E-state index contributed by atoms with van der Waals surface area (Å²) in [6, 6.07) is 4.02. The molecule has 1 aromatic carbocycles. The van der Waals surface area contributed by atoms with Crippen LogP contribution in [0.3, 0.4) is 0 Å². The molecule has 1 aromatic rings. The van der Waals surface area contributed by atoms with Crippen LogP contribution in [0.5, 0.6) is 0 Å². The number of ketones is 1. The second kappa shape index (κ2) is 5.37. The van der Waals surface area contributed by atoms with Crippen molar-refractivity contribution < 1.29 is 9.18 Å². The van der Waals surface area contributed by atoms with Gasteiger partial charge < -0.3 is 5.73 Å². The quantitative estimate of drug-likeness (QED) is 0.858. The molecule has 0 spiro atoms. The van der Waals surface area contributed by atoms with Crippen molar-refractivity contribution in [1.29, 1.82) is 0 Å². The van der Waals surface area contributed by atoms with Crippen LogP contribution in [0.4, 0.5) is 4.39 Å². The molecule has 1 atom stereocenters. The first kappa shape index (κ1) is 12.3. The number of benzene rings is 1. The van der Waals surface area contributed by atoms with Crippen LogP contribution >= 0.6 is 15.9 Å². The molecule has 0 radical (unpaired) electrons. The highest BCUT2D eigenvalue weighted by Gasteiger charge is 2.19. The van der Waals surface area contributed by atoms with E-state index in [-0.39, 0.29) is 15.8 Å². The van der Waals surface area contributed by atoms with Crippen molar-refractivity contribution in [3.8, 4) is 0 Å². The molecule has 1 unspecified atom stereocenters. The van der Waals surface area contributed by atoms with E-state index in [1.54, 1.807) is 12.1 Å². The fourth-order valence-corrected chi connectivity index (χ4v) is 1.70. The molecule has 0 aromatic heterocycles. The molecule has 4 heteroatoms. The molecule has 2 nitrogen and oxygen atoms in total. The molecule has 82 valence electrons. The zero-order valence-electron chi connectivity index (χ0n) is 8.47. The van der Waals surface area contributed by atoms with Gasteiger partial charge in [0, 0.05) is 0 Å². The van der Waals surface area contributed by atoms with Crippen LogP contribution in [0.25, 0.3) is 0 Å². The number of hydrogen-bond donors (Lipinski definition) is 1. The van der Waals surface area contributed by atoms with Gasteiger partial charge in [-0.1, -0.05) is 19.4 Å². The minimum atomic E-state index is -0.612. The van der Waals surface area contributed by atoms with Gasteiger partial charge in [0.25, 0.3) is 0 Å². The Morgan fingerprint density at radius 1 is 1.60 bits per heavy atom. The Kier molecular flexibility index (Phi) is 4.42. The minimum Gasteiger partial charge on any atom is -0.321 e. The molecule has 0 heterocycles. The van der Waals surface area contributed by atoms with Gasteiger partial charge in [-0.2, -0.15) is 0 Å². The lowest BCUT2D eigenvalue weighted by Gasteiger charge is -2.10. The molecule has 15 heavy (non-hydrogen) atoms. The number of halogens is 2. The van der Waals surface area contributed by atoms with Gasteiger partial charge in [-0.05, 0) is 34.5 Å². The Hall–Kier alpha value is -0.740. The summed E-state index contributed by atoms with van der Waals surface area (Å²) in [6.07, 6.45) is 1.38. The highest BCUT2D eigenvalue weighted by Crippen LogP contribution is 2.20. The van der Waals surface area contributed by atoms with Crippen LogP contribution < -0.4 is 5.73 Å². The third-order valence-electron chi connectivity index (χ3n) is 2.15. The largest absolute Gasteiger partial charge is 0.321 e. The molecule has 0 fully saturated rings. The Bertz CT molecular complexity index is 368. The molecule has 0 amide bonds. The van der Waals surface area contributed by atoms with Crippen molar-refractivity contribution in [2.24, 2.45) is 5.73 Å². The summed E-state index contributed by atoms with van der Waals surface area (Å²) in [4.78, 5) is 11.7. The van der Waals surface area contributed by atoms with Crippen LogP contribution in [-0.2, 0) is 0 Å². The fraction of sp³-hybridized carbons (Fsp3) is 0.364. The summed E-state index contributed by atoms with van der Waals surface area (Å²) in [5.41, 5.74) is 5.71. The van der Waals surface area contributed by atoms with E-state index in [4.69, 9.17) is 5.73 Å². The number of carbonyl (C=O) groups excluding carboxylic acids is 1. The molecule has 0 bridgehead atoms. The lowest BCUT2D eigenvalue weighted by Crippen LogP contribution is -2.30. The minimum absolute atomic E-state index is 0.0605. The number of nitrogens with two attached hydrogens (primary N) is 1. The molecule has 1 rings (SSSR count). The van der Waals surface area contributed by atoms with E-state index in [1.165, 1.54) is 6.07 Å². The molecule has 0 aliphatic heterocycles. The van der Waals surface area contributed by atoms with E-state index in [9.17, 15) is 9.18 Å². The van der Waals surface area contributed by atoms with E-state index >= 15 is 0 Å². The second-order valence-corrected chi connectivity index (χ2v) is 4.22. The first-order chi connectivity index (χ1) is 7.07. The third-order valence-corrected chi connectivity index (χ3v) is 2.77. The maximum absolute atomic E-state index is 13.5. The van der Waals surface area contributed by atoms with Gasteiger partial charge in [0.15, 0.2) is 5.78 Å². The van der Waals surface area contributed by atoms with Crippen molar-refractivity contribution in [2.75, 3.05) is 0 Å². The van der Waals surface area contributed by atoms with Crippen LogP contribution in [0.15, 0.2) is 22.7 Å². The number of rotatable bonds is 4. The molecule has 2 N–H and O–H groups in total. The smallest absolute Gasteiger partial charge is 0.182 e. The van der Waals surface area contributed by atoms with Crippen LogP contribution in [0, 0.1) is 5.82 Å². The number of Topliss-reactive ketones (excluding diaryl/α,β-unsaturated/α-hetero) is 1. The molecule has 0 aliphatic carbocycles. The first-order valence-electron chi connectivity index (χ1n) is 4.81. The van der Waals surface area contributed by atoms with Crippen LogP contribution in [-0.4, -0.2) is 11.8 Å². The van der Waals surface area contributed by atoms with Gasteiger partial charge >= 0.3 is 0 Å². The predicted molar refractivity (Wildman–Crippen MR) is 61.3 cm³/mol. The van der Waals surface area contributed by atoms with Crippen molar-refractivity contribution in [3.05, 3.63) is 34.1 Å². The Morgan fingerprint density at radius 2 is 2.27 bits per heavy atom. The number of hydrogen-bond acceptors (Lipinski definition) is 2. The van der Waals surface area contributed by atoms with E-state index in [1.807, 2.05) is 6.92 Å². The third kappa shape index (κ3) is 2.86. The van der Waals surface area contributed by atoms with Crippen molar-refractivity contribution in [1.82, 2.24) is 0 Å². The highest BCUT2D eigenvalue weighted by atomic mass is 79.9. The molecule has 0 saturated carbocycles. The van der Waals surface area contributed by atoms with Crippen molar-refractivity contribution >= 4 is 21.7 Å². The van der Waals surface area contributed by atoms with Crippen molar-refractivity contribution in [3.63, 3.8) is 0 Å². The van der Waals surface area contributed by atoms with Gasteiger partial charge in [0.2, 0.25) is 0 Å². The van der Waals surface area contributed by atoms with E-state index in [0.29, 0.717) is 6.42 Å². The second-order valence-electron chi connectivity index (χ2n) is 3.36. The van der Waals surface area contributed by atoms with Gasteiger partial charge in [-0.25, -0.2) is 4.39 Å².